The van der Waals surface area contributed by atoms with E-state index in [-0.39, 0.29) is 6.54 Å². The van der Waals surface area contributed by atoms with Gasteiger partial charge in [0, 0.05) is 6.07 Å². The zero-order valence-corrected chi connectivity index (χ0v) is 14.4. The third kappa shape index (κ3) is 3.21. The van der Waals surface area contributed by atoms with Gasteiger partial charge in [0.15, 0.2) is 0 Å². The summed E-state index contributed by atoms with van der Waals surface area (Å²) in [5.41, 5.74) is -0.102. The second-order valence-electron chi connectivity index (χ2n) is 5.95. The lowest BCUT2D eigenvalue weighted by Gasteiger charge is -2.22. The Morgan fingerprint density at radius 1 is 1.23 bits per heavy atom. The highest BCUT2D eigenvalue weighted by Gasteiger charge is 2.49. The molecule has 1 aliphatic rings. The van der Waals surface area contributed by atoms with Crippen LogP contribution >= 0.6 is 0 Å². The topological polar surface area (TPSA) is 101 Å². The number of carbonyl (C=O) groups excluding carboxylic acids is 3. The molecular formula is C18H18N4O4. The van der Waals surface area contributed by atoms with Crippen molar-refractivity contribution in [3.8, 4) is 5.88 Å². The molecule has 0 spiro atoms. The van der Waals surface area contributed by atoms with Crippen LogP contribution in [0.3, 0.4) is 0 Å². The number of benzene rings is 1. The van der Waals surface area contributed by atoms with Gasteiger partial charge in [-0.15, -0.1) is 0 Å². The Morgan fingerprint density at radius 3 is 2.58 bits per heavy atom. The molecule has 4 amide bonds. The molecule has 1 fully saturated rings. The van der Waals surface area contributed by atoms with Gasteiger partial charge in [0.25, 0.3) is 5.91 Å². The Balaban J connectivity index is 1.70. The molecule has 1 aromatic heterocycles. The number of aromatic nitrogens is 1. The molecule has 2 aromatic rings. The van der Waals surface area contributed by atoms with Gasteiger partial charge in [-0.05, 0) is 18.6 Å². The number of hydrogen-bond donors (Lipinski definition) is 2. The van der Waals surface area contributed by atoms with Gasteiger partial charge >= 0.3 is 6.03 Å². The van der Waals surface area contributed by atoms with Crippen molar-refractivity contribution >= 4 is 23.5 Å². The summed E-state index contributed by atoms with van der Waals surface area (Å²) in [5.74, 6) is -0.565. The van der Waals surface area contributed by atoms with Crippen molar-refractivity contribution in [3.63, 3.8) is 0 Å². The van der Waals surface area contributed by atoms with E-state index in [4.69, 9.17) is 4.74 Å². The predicted octanol–water partition coefficient (Wildman–Crippen LogP) is 1.50. The molecule has 0 radical (unpaired) electrons. The molecule has 26 heavy (non-hydrogen) atoms. The van der Waals surface area contributed by atoms with Gasteiger partial charge in [-0.3, -0.25) is 14.5 Å². The van der Waals surface area contributed by atoms with Crippen LogP contribution < -0.4 is 15.4 Å². The standard InChI is InChI=1S/C18H18N4O4/c1-18(12-6-4-3-5-7-12)16(24)22(17(25)21-18)11-14(23)20-13-8-9-15(26-2)19-10-13/h3-10H,11H2,1-2H3,(H,20,23)(H,21,25)/t18-/m0/s1. The summed E-state index contributed by atoms with van der Waals surface area (Å²) in [7, 11) is 1.49. The van der Waals surface area contributed by atoms with Gasteiger partial charge in [-0.25, -0.2) is 9.78 Å². The normalized spacial score (nSPS) is 19.2. The fourth-order valence-corrected chi connectivity index (χ4v) is 2.73. The third-order valence-corrected chi connectivity index (χ3v) is 4.16. The van der Waals surface area contributed by atoms with E-state index in [1.54, 1.807) is 43.3 Å². The lowest BCUT2D eigenvalue weighted by Crippen LogP contribution is -2.42. The fourth-order valence-electron chi connectivity index (χ4n) is 2.73. The summed E-state index contributed by atoms with van der Waals surface area (Å²) in [6.07, 6.45) is 1.43. The number of pyridine rings is 1. The Hall–Kier alpha value is -3.42. The number of hydrogen-bond acceptors (Lipinski definition) is 5. The van der Waals surface area contributed by atoms with Crippen LogP contribution in [0.5, 0.6) is 5.88 Å². The third-order valence-electron chi connectivity index (χ3n) is 4.16. The Labute approximate surface area is 150 Å². The number of ether oxygens (including phenoxy) is 1. The molecule has 1 aliphatic heterocycles. The van der Waals surface area contributed by atoms with Crippen molar-refractivity contribution in [1.29, 1.82) is 0 Å². The molecule has 2 N–H and O–H groups in total. The van der Waals surface area contributed by atoms with E-state index in [2.05, 4.69) is 15.6 Å². The first kappa shape index (κ1) is 17.4. The number of nitrogens with zero attached hydrogens (tertiary/aromatic N) is 2. The highest BCUT2D eigenvalue weighted by Crippen LogP contribution is 2.28. The molecule has 134 valence electrons. The van der Waals surface area contributed by atoms with E-state index >= 15 is 0 Å². The van der Waals surface area contributed by atoms with E-state index < -0.39 is 23.4 Å². The first-order valence-electron chi connectivity index (χ1n) is 7.93. The maximum absolute atomic E-state index is 12.7. The van der Waals surface area contributed by atoms with Crippen LogP contribution in [0.1, 0.15) is 12.5 Å². The molecule has 3 rings (SSSR count). The van der Waals surface area contributed by atoms with Gasteiger partial charge in [0.05, 0.1) is 19.0 Å². The number of amides is 4. The number of imide groups is 1. The number of anilines is 1. The molecule has 0 aliphatic carbocycles. The largest absolute Gasteiger partial charge is 0.481 e. The number of nitrogens with one attached hydrogen (secondary N) is 2. The average molecular weight is 354 g/mol. The van der Waals surface area contributed by atoms with Crippen molar-refractivity contribution in [2.75, 3.05) is 19.0 Å². The zero-order valence-electron chi connectivity index (χ0n) is 14.4. The Morgan fingerprint density at radius 2 is 1.96 bits per heavy atom. The lowest BCUT2D eigenvalue weighted by molar-refractivity contribution is -0.133. The first-order valence-corrected chi connectivity index (χ1v) is 7.93. The van der Waals surface area contributed by atoms with Gasteiger partial charge in [0.2, 0.25) is 11.8 Å². The summed E-state index contributed by atoms with van der Waals surface area (Å²) < 4.78 is 4.95. The molecule has 1 atom stereocenters. The minimum Gasteiger partial charge on any atom is -0.481 e. The van der Waals surface area contributed by atoms with Crippen molar-refractivity contribution in [2.45, 2.75) is 12.5 Å². The summed E-state index contributed by atoms with van der Waals surface area (Å²) in [4.78, 5) is 42.1. The molecule has 8 nitrogen and oxygen atoms in total. The highest BCUT2D eigenvalue weighted by atomic mass is 16.5. The molecule has 8 heteroatoms. The zero-order chi connectivity index (χ0) is 18.7. The van der Waals surface area contributed by atoms with E-state index in [9.17, 15) is 14.4 Å². The second-order valence-corrected chi connectivity index (χ2v) is 5.95. The number of rotatable bonds is 5. The van der Waals surface area contributed by atoms with Crippen LogP contribution in [0.25, 0.3) is 0 Å². The van der Waals surface area contributed by atoms with Gasteiger partial charge in [-0.2, -0.15) is 0 Å². The number of urea groups is 1. The maximum Gasteiger partial charge on any atom is 0.325 e. The van der Waals surface area contributed by atoms with E-state index in [0.717, 1.165) is 4.90 Å². The molecule has 1 saturated heterocycles. The molecule has 1 aromatic carbocycles. The van der Waals surface area contributed by atoms with Crippen molar-refractivity contribution in [3.05, 3.63) is 54.2 Å². The summed E-state index contributed by atoms with van der Waals surface area (Å²) in [5, 5.41) is 5.26. The summed E-state index contributed by atoms with van der Waals surface area (Å²) in [6.45, 7) is 1.23. The number of methoxy groups -OCH3 is 1. The summed E-state index contributed by atoms with van der Waals surface area (Å²) >= 11 is 0. The molecule has 0 unspecified atom stereocenters. The van der Waals surface area contributed by atoms with Crippen LogP contribution in [0.4, 0.5) is 10.5 Å². The van der Waals surface area contributed by atoms with Crippen LogP contribution in [0.2, 0.25) is 0 Å². The minimum absolute atomic E-state index is 0.390. The second kappa shape index (κ2) is 6.83. The van der Waals surface area contributed by atoms with Gasteiger partial charge in [-0.1, -0.05) is 30.3 Å². The Kier molecular flexibility index (Phi) is 4.57. The molecule has 2 heterocycles. The molecule has 0 saturated carbocycles. The molecule has 0 bridgehead atoms. The quantitative estimate of drug-likeness (QED) is 0.793. The van der Waals surface area contributed by atoms with Crippen LogP contribution in [-0.4, -0.2) is 41.4 Å². The predicted molar refractivity (Wildman–Crippen MR) is 93.5 cm³/mol. The maximum atomic E-state index is 12.7. The smallest absolute Gasteiger partial charge is 0.325 e. The first-order chi connectivity index (χ1) is 12.4. The average Bonchev–Trinajstić information content (AvgIpc) is 2.87. The summed E-state index contributed by atoms with van der Waals surface area (Å²) in [6, 6.07) is 11.5. The van der Waals surface area contributed by atoms with Crippen LogP contribution in [0.15, 0.2) is 48.7 Å². The van der Waals surface area contributed by atoms with E-state index in [1.807, 2.05) is 6.07 Å². The Bertz CT molecular complexity index is 838. The minimum atomic E-state index is -1.19. The number of carbonyl (C=O) groups is 3. The van der Waals surface area contributed by atoms with Crippen LogP contribution in [-0.2, 0) is 15.1 Å². The van der Waals surface area contributed by atoms with Crippen LogP contribution in [0, 0.1) is 0 Å². The van der Waals surface area contributed by atoms with E-state index in [1.165, 1.54) is 13.3 Å². The monoisotopic (exact) mass is 354 g/mol. The SMILES string of the molecule is COc1ccc(NC(=O)CN2C(=O)N[C@@](C)(c3ccccc3)C2=O)cn1. The van der Waals surface area contributed by atoms with Gasteiger partial charge in [0.1, 0.15) is 12.1 Å². The van der Waals surface area contributed by atoms with Crippen molar-refractivity contribution in [1.82, 2.24) is 15.2 Å². The fraction of sp³-hybridized carbons (Fsp3) is 0.222. The van der Waals surface area contributed by atoms with Crippen molar-refractivity contribution in [2.24, 2.45) is 0 Å². The van der Waals surface area contributed by atoms with Gasteiger partial charge < -0.3 is 15.4 Å². The van der Waals surface area contributed by atoms with E-state index in [0.29, 0.717) is 17.1 Å². The van der Waals surface area contributed by atoms with Crippen molar-refractivity contribution < 1.29 is 19.1 Å². The highest BCUT2D eigenvalue weighted by molar-refractivity contribution is 6.10. The lowest BCUT2D eigenvalue weighted by atomic mass is 9.92. The molecular weight excluding hydrogens is 336 g/mol.